The first-order valence-electron chi connectivity index (χ1n) is 14.5. The highest BCUT2D eigenvalue weighted by atomic mass is 16.5. The van der Waals surface area contributed by atoms with Crippen molar-refractivity contribution in [2.45, 2.75) is 61.0 Å². The highest BCUT2D eigenvalue weighted by Gasteiger charge is 2.42. The Balaban J connectivity index is 2.38. The third-order valence-corrected chi connectivity index (χ3v) is 6.14. The van der Waals surface area contributed by atoms with E-state index in [1.807, 2.05) is 18.2 Å². The van der Waals surface area contributed by atoms with Crippen molar-refractivity contribution in [2.75, 3.05) is 26.4 Å². The van der Waals surface area contributed by atoms with E-state index in [1.165, 1.54) is 0 Å². The molecule has 0 bridgehead atoms. The number of hydrogen-bond donors (Lipinski definition) is 0. The highest BCUT2D eigenvalue weighted by molar-refractivity contribution is 5.62. The van der Waals surface area contributed by atoms with Crippen LogP contribution in [0.1, 0.15) is 72.1 Å². The lowest BCUT2D eigenvalue weighted by Gasteiger charge is -2.38. The van der Waals surface area contributed by atoms with Crippen molar-refractivity contribution in [1.29, 1.82) is 0 Å². The minimum Gasteiger partial charge on any atom is -0.489 e. The molecule has 0 aromatic heterocycles. The second-order valence-electron chi connectivity index (χ2n) is 12.0. The second-order valence-corrected chi connectivity index (χ2v) is 12.0. The van der Waals surface area contributed by atoms with Crippen molar-refractivity contribution in [3.8, 4) is 17.2 Å². The molecule has 0 aliphatic rings. The monoisotopic (exact) mass is 532 g/mol. The van der Waals surface area contributed by atoms with Crippen LogP contribution in [-0.2, 0) is 10.3 Å². The van der Waals surface area contributed by atoms with Crippen LogP contribution in [0.15, 0.2) is 72.8 Å². The van der Waals surface area contributed by atoms with E-state index in [4.69, 9.17) is 18.9 Å². The Labute approximate surface area is 236 Å². The number of benzene rings is 3. The molecule has 4 nitrogen and oxygen atoms in total. The molecule has 4 heteroatoms. The summed E-state index contributed by atoms with van der Waals surface area (Å²) in [5.41, 5.74) is 2.08. The van der Waals surface area contributed by atoms with Crippen LogP contribution in [0, 0.1) is 23.7 Å². The Morgan fingerprint density at radius 1 is 0.487 bits per heavy atom. The number of ether oxygens (including phenoxy) is 4. The van der Waals surface area contributed by atoms with Gasteiger partial charge in [0.25, 0.3) is 0 Å². The van der Waals surface area contributed by atoms with Crippen molar-refractivity contribution in [3.05, 3.63) is 89.5 Å². The molecule has 39 heavy (non-hydrogen) atoms. The molecule has 3 aromatic carbocycles. The van der Waals surface area contributed by atoms with Gasteiger partial charge in [-0.15, -0.1) is 0 Å². The molecule has 0 heterocycles. The molecule has 0 spiro atoms. The lowest BCUT2D eigenvalue weighted by atomic mass is 9.79. The van der Waals surface area contributed by atoms with E-state index in [-0.39, 0.29) is 0 Å². The summed E-state index contributed by atoms with van der Waals surface area (Å²) in [5, 5.41) is 0. The first kappa shape index (κ1) is 30.6. The Kier molecular flexibility index (Phi) is 11.3. The van der Waals surface area contributed by atoms with Crippen molar-refractivity contribution in [3.63, 3.8) is 0 Å². The Hall–Kier alpha value is -2.98. The van der Waals surface area contributed by atoms with E-state index in [2.05, 4.69) is 110 Å². The fourth-order valence-electron chi connectivity index (χ4n) is 4.33. The summed E-state index contributed by atoms with van der Waals surface area (Å²) in [6.45, 7) is 19.5. The number of hydrogen-bond acceptors (Lipinski definition) is 4. The predicted octanol–water partition coefficient (Wildman–Crippen LogP) is 8.76. The molecule has 0 fully saturated rings. The SMILES string of the molecule is CC(C)COc1ccc(C(OCC(C)C)(c2ccccc2)c2ccccc2)c(OCC(C)C)c1OCC(C)C. The van der Waals surface area contributed by atoms with Crippen molar-refractivity contribution in [1.82, 2.24) is 0 Å². The standard InChI is InChI=1S/C35H48O4/c1-25(2)21-36-32-20-19-31(33(37-22-26(3)4)34(32)38-23-27(5)6)35(39-24-28(7)8,29-15-11-9-12-16-29)30-17-13-10-14-18-30/h9-20,25-28H,21-24H2,1-8H3. The molecule has 3 rings (SSSR count). The maximum Gasteiger partial charge on any atom is 0.204 e. The first-order valence-corrected chi connectivity index (χ1v) is 14.5. The maximum absolute atomic E-state index is 7.04. The van der Waals surface area contributed by atoms with Crippen LogP contribution in [0.2, 0.25) is 0 Å². The van der Waals surface area contributed by atoms with Gasteiger partial charge in [-0.25, -0.2) is 0 Å². The van der Waals surface area contributed by atoms with Crippen molar-refractivity contribution in [2.24, 2.45) is 23.7 Å². The van der Waals surface area contributed by atoms with Crippen LogP contribution in [0.4, 0.5) is 0 Å². The molecule has 0 saturated heterocycles. The minimum absolute atomic E-state index is 0.329. The molecule has 0 radical (unpaired) electrons. The average molecular weight is 533 g/mol. The zero-order chi connectivity index (χ0) is 28.4. The summed E-state index contributed by atoms with van der Waals surface area (Å²) in [5.74, 6) is 3.41. The van der Waals surface area contributed by atoms with Gasteiger partial charge in [-0.3, -0.25) is 0 Å². The van der Waals surface area contributed by atoms with E-state index in [0.29, 0.717) is 67.3 Å². The molecule has 0 aliphatic heterocycles. The van der Waals surface area contributed by atoms with Gasteiger partial charge in [-0.2, -0.15) is 0 Å². The molecule has 0 aliphatic carbocycles. The molecule has 0 amide bonds. The zero-order valence-electron chi connectivity index (χ0n) is 25.2. The molecule has 0 saturated carbocycles. The number of rotatable bonds is 15. The van der Waals surface area contributed by atoms with E-state index in [9.17, 15) is 0 Å². The largest absolute Gasteiger partial charge is 0.489 e. The van der Waals surface area contributed by atoms with Crippen LogP contribution >= 0.6 is 0 Å². The van der Waals surface area contributed by atoms with Crippen LogP contribution in [0.25, 0.3) is 0 Å². The van der Waals surface area contributed by atoms with E-state index in [0.717, 1.165) is 16.7 Å². The fourth-order valence-corrected chi connectivity index (χ4v) is 4.33. The van der Waals surface area contributed by atoms with Gasteiger partial charge in [0.2, 0.25) is 5.75 Å². The van der Waals surface area contributed by atoms with Crippen LogP contribution in [-0.4, -0.2) is 26.4 Å². The Morgan fingerprint density at radius 3 is 1.38 bits per heavy atom. The normalized spacial score (nSPS) is 12.0. The lowest BCUT2D eigenvalue weighted by Crippen LogP contribution is -2.35. The lowest BCUT2D eigenvalue weighted by molar-refractivity contribution is -0.00456. The summed E-state index contributed by atoms with van der Waals surface area (Å²) in [7, 11) is 0. The van der Waals surface area contributed by atoms with Gasteiger partial charge in [0.15, 0.2) is 11.5 Å². The first-order chi connectivity index (χ1) is 18.6. The third kappa shape index (κ3) is 8.02. The molecular formula is C35H48O4. The zero-order valence-corrected chi connectivity index (χ0v) is 25.2. The van der Waals surface area contributed by atoms with E-state index in [1.54, 1.807) is 0 Å². The summed E-state index contributed by atoms with van der Waals surface area (Å²) in [6.07, 6.45) is 0. The smallest absolute Gasteiger partial charge is 0.204 e. The second kappa shape index (κ2) is 14.4. The Bertz CT molecular complexity index is 1080. The van der Waals surface area contributed by atoms with Crippen LogP contribution in [0.5, 0.6) is 17.2 Å². The summed E-state index contributed by atoms with van der Waals surface area (Å²) >= 11 is 0. The highest BCUT2D eigenvalue weighted by Crippen LogP contribution is 2.51. The average Bonchev–Trinajstić information content (AvgIpc) is 2.91. The van der Waals surface area contributed by atoms with Gasteiger partial charge in [0.1, 0.15) is 5.60 Å². The molecule has 0 atom stereocenters. The van der Waals surface area contributed by atoms with Crippen LogP contribution < -0.4 is 14.2 Å². The van der Waals surface area contributed by atoms with E-state index >= 15 is 0 Å². The van der Waals surface area contributed by atoms with Gasteiger partial charge >= 0.3 is 0 Å². The van der Waals surface area contributed by atoms with Gasteiger partial charge in [-0.1, -0.05) is 116 Å². The van der Waals surface area contributed by atoms with Gasteiger partial charge < -0.3 is 18.9 Å². The summed E-state index contributed by atoms with van der Waals surface area (Å²) < 4.78 is 26.6. The van der Waals surface area contributed by atoms with Crippen molar-refractivity contribution < 1.29 is 18.9 Å². The molecule has 0 unspecified atom stereocenters. The summed E-state index contributed by atoms with van der Waals surface area (Å²) in [6, 6.07) is 25.0. The minimum atomic E-state index is -0.911. The maximum atomic E-state index is 7.04. The molecule has 212 valence electrons. The molecule has 0 N–H and O–H groups in total. The quantitative estimate of drug-likeness (QED) is 0.183. The Morgan fingerprint density at radius 2 is 0.923 bits per heavy atom. The van der Waals surface area contributed by atoms with Gasteiger partial charge in [-0.05, 0) is 46.9 Å². The van der Waals surface area contributed by atoms with Gasteiger partial charge in [0.05, 0.1) is 26.4 Å². The third-order valence-electron chi connectivity index (χ3n) is 6.14. The fraction of sp³-hybridized carbons (Fsp3) is 0.486. The predicted molar refractivity (Wildman–Crippen MR) is 161 cm³/mol. The van der Waals surface area contributed by atoms with E-state index < -0.39 is 5.60 Å². The van der Waals surface area contributed by atoms with Gasteiger partial charge in [0, 0.05) is 5.56 Å². The summed E-state index contributed by atoms with van der Waals surface area (Å²) in [4.78, 5) is 0. The van der Waals surface area contributed by atoms with Crippen LogP contribution in [0.3, 0.4) is 0 Å². The van der Waals surface area contributed by atoms with Crippen molar-refractivity contribution >= 4 is 0 Å². The molecular weight excluding hydrogens is 484 g/mol. The topological polar surface area (TPSA) is 36.9 Å². The molecule has 3 aromatic rings.